The zero-order valence-corrected chi connectivity index (χ0v) is 9.42. The molecule has 1 aliphatic carbocycles. The van der Waals surface area contributed by atoms with E-state index >= 15 is 0 Å². The fraction of sp³-hybridized carbons (Fsp3) is 0.462. The van der Waals surface area contributed by atoms with Crippen molar-refractivity contribution in [2.24, 2.45) is 5.92 Å². The first-order valence-electron chi connectivity index (χ1n) is 5.36. The quantitative estimate of drug-likeness (QED) is 0.705. The van der Waals surface area contributed by atoms with Crippen LogP contribution in [0.1, 0.15) is 40.4 Å². The molecule has 1 atom stereocenters. The average Bonchev–Trinajstić information content (AvgIpc) is 2.13. The van der Waals surface area contributed by atoms with Gasteiger partial charge >= 0.3 is 0 Å². The summed E-state index contributed by atoms with van der Waals surface area (Å²) in [5, 5.41) is 9.90. The van der Waals surface area contributed by atoms with Gasteiger partial charge in [0.2, 0.25) is 0 Å². The van der Waals surface area contributed by atoms with Crippen molar-refractivity contribution < 1.29 is 9.90 Å². The van der Waals surface area contributed by atoms with Crippen molar-refractivity contribution in [2.45, 2.75) is 33.6 Å². The van der Waals surface area contributed by atoms with Crippen LogP contribution < -0.4 is 0 Å². The summed E-state index contributed by atoms with van der Waals surface area (Å²) in [6.07, 6.45) is 1.46. The van der Waals surface area contributed by atoms with Crippen LogP contribution in [0.4, 0.5) is 0 Å². The Kier molecular flexibility index (Phi) is 2.29. The number of benzene rings is 1. The molecule has 0 saturated heterocycles. The van der Waals surface area contributed by atoms with Crippen LogP contribution in [0.2, 0.25) is 0 Å². The molecule has 1 aliphatic rings. The first kappa shape index (κ1) is 10.2. The topological polar surface area (TPSA) is 37.3 Å². The van der Waals surface area contributed by atoms with E-state index in [2.05, 4.69) is 6.92 Å². The molecule has 1 unspecified atom stereocenters. The minimum Gasteiger partial charge on any atom is -0.507 e. The SMILES string of the molecule is Cc1cc(C)c2c(c1O)C(=O)CC(C)C2. The summed E-state index contributed by atoms with van der Waals surface area (Å²) in [6.45, 7) is 5.93. The van der Waals surface area contributed by atoms with Crippen LogP contribution in [0.5, 0.6) is 5.75 Å². The summed E-state index contributed by atoms with van der Waals surface area (Å²) in [7, 11) is 0. The summed E-state index contributed by atoms with van der Waals surface area (Å²) in [4.78, 5) is 11.9. The highest BCUT2D eigenvalue weighted by Crippen LogP contribution is 2.35. The molecule has 0 radical (unpaired) electrons. The number of phenolic OH excluding ortho intramolecular Hbond substituents is 1. The zero-order valence-electron chi connectivity index (χ0n) is 9.42. The lowest BCUT2D eigenvalue weighted by molar-refractivity contribution is 0.0950. The molecular formula is C13H16O2. The summed E-state index contributed by atoms with van der Waals surface area (Å²) in [5.41, 5.74) is 3.54. The van der Waals surface area contributed by atoms with Gasteiger partial charge in [-0.15, -0.1) is 0 Å². The summed E-state index contributed by atoms with van der Waals surface area (Å²) < 4.78 is 0. The fourth-order valence-electron chi connectivity index (χ4n) is 2.42. The second-order valence-corrected chi connectivity index (χ2v) is 4.65. The van der Waals surface area contributed by atoms with Crippen LogP contribution in [0.25, 0.3) is 0 Å². The van der Waals surface area contributed by atoms with E-state index in [1.54, 1.807) is 0 Å². The normalized spacial score (nSPS) is 20.2. The third-order valence-electron chi connectivity index (χ3n) is 3.19. The van der Waals surface area contributed by atoms with Crippen molar-refractivity contribution in [1.82, 2.24) is 0 Å². The summed E-state index contributed by atoms with van der Waals surface area (Å²) in [5.74, 6) is 0.673. The van der Waals surface area contributed by atoms with Crippen molar-refractivity contribution in [3.05, 3.63) is 28.3 Å². The molecule has 15 heavy (non-hydrogen) atoms. The average molecular weight is 204 g/mol. The maximum absolute atomic E-state index is 11.9. The standard InChI is InChI=1S/C13H16O2/c1-7-4-10-8(2)6-9(3)13(15)12(10)11(14)5-7/h6-7,15H,4-5H2,1-3H3. The minimum atomic E-state index is 0.0908. The number of rotatable bonds is 0. The molecule has 0 saturated carbocycles. The predicted molar refractivity (Wildman–Crippen MR) is 59.4 cm³/mol. The fourth-order valence-corrected chi connectivity index (χ4v) is 2.42. The van der Waals surface area contributed by atoms with E-state index in [0.29, 0.717) is 17.9 Å². The Hall–Kier alpha value is -1.31. The Morgan fingerprint density at radius 2 is 1.93 bits per heavy atom. The van der Waals surface area contributed by atoms with Crippen molar-refractivity contribution in [2.75, 3.05) is 0 Å². The number of aromatic hydroxyl groups is 1. The molecular weight excluding hydrogens is 188 g/mol. The highest BCUT2D eigenvalue weighted by Gasteiger charge is 2.27. The number of Topliss-reactive ketones (excluding diaryl/α,β-unsaturated/α-hetero) is 1. The number of carbonyl (C=O) groups is 1. The van der Waals surface area contributed by atoms with Gasteiger partial charge in [-0.2, -0.15) is 0 Å². The Morgan fingerprint density at radius 1 is 1.27 bits per heavy atom. The number of carbonyl (C=O) groups excluding carboxylic acids is 1. The molecule has 0 bridgehead atoms. The van der Waals surface area contributed by atoms with Crippen LogP contribution >= 0.6 is 0 Å². The van der Waals surface area contributed by atoms with Crippen molar-refractivity contribution in [3.63, 3.8) is 0 Å². The maximum Gasteiger partial charge on any atom is 0.167 e. The van der Waals surface area contributed by atoms with Crippen LogP contribution in [0.15, 0.2) is 6.07 Å². The smallest absolute Gasteiger partial charge is 0.167 e. The largest absolute Gasteiger partial charge is 0.507 e. The molecule has 2 heteroatoms. The number of hydrogen-bond donors (Lipinski definition) is 1. The lowest BCUT2D eigenvalue weighted by Gasteiger charge is -2.23. The second kappa shape index (κ2) is 3.37. The van der Waals surface area contributed by atoms with Crippen LogP contribution in [0.3, 0.4) is 0 Å². The molecule has 1 aromatic rings. The Bertz CT molecular complexity index is 433. The second-order valence-electron chi connectivity index (χ2n) is 4.65. The van der Waals surface area contributed by atoms with Gasteiger partial charge in [0.25, 0.3) is 0 Å². The number of aryl methyl sites for hydroxylation is 2. The van der Waals surface area contributed by atoms with Crippen molar-refractivity contribution in [3.8, 4) is 5.75 Å². The number of phenols is 1. The summed E-state index contributed by atoms with van der Waals surface area (Å²) >= 11 is 0. The molecule has 1 aromatic carbocycles. The first-order valence-corrected chi connectivity index (χ1v) is 5.36. The predicted octanol–water partition coefficient (Wildman–Crippen LogP) is 2.77. The molecule has 1 N–H and O–H groups in total. The number of ketones is 1. The van der Waals surface area contributed by atoms with Gasteiger partial charge in [0.05, 0.1) is 5.56 Å². The van der Waals surface area contributed by atoms with Gasteiger partial charge in [0.15, 0.2) is 5.78 Å². The zero-order chi connectivity index (χ0) is 11.2. The molecule has 80 valence electrons. The molecule has 0 aromatic heterocycles. The molecule has 0 amide bonds. The molecule has 0 fully saturated rings. The van der Waals surface area contributed by atoms with Gasteiger partial charge in [0.1, 0.15) is 5.75 Å². The van der Waals surface area contributed by atoms with Crippen molar-refractivity contribution >= 4 is 5.78 Å². The lowest BCUT2D eigenvalue weighted by atomic mass is 9.80. The molecule has 0 heterocycles. The van der Waals surface area contributed by atoms with E-state index in [1.165, 1.54) is 0 Å². The van der Waals surface area contributed by atoms with E-state index < -0.39 is 0 Å². The van der Waals surface area contributed by atoms with E-state index in [1.807, 2.05) is 19.9 Å². The Balaban J connectivity index is 2.69. The minimum absolute atomic E-state index is 0.0908. The Morgan fingerprint density at radius 3 is 2.60 bits per heavy atom. The monoisotopic (exact) mass is 204 g/mol. The molecule has 0 aliphatic heterocycles. The van der Waals surface area contributed by atoms with Gasteiger partial charge in [-0.1, -0.05) is 13.0 Å². The van der Waals surface area contributed by atoms with E-state index in [0.717, 1.165) is 23.1 Å². The first-order chi connectivity index (χ1) is 7.00. The molecule has 2 rings (SSSR count). The third kappa shape index (κ3) is 1.54. The van der Waals surface area contributed by atoms with Gasteiger partial charge in [-0.3, -0.25) is 4.79 Å². The van der Waals surface area contributed by atoms with E-state index in [4.69, 9.17) is 0 Å². The highest BCUT2D eigenvalue weighted by molar-refractivity contribution is 6.01. The van der Waals surface area contributed by atoms with Crippen molar-refractivity contribution in [1.29, 1.82) is 0 Å². The number of hydrogen-bond acceptors (Lipinski definition) is 2. The van der Waals surface area contributed by atoms with Gasteiger partial charge in [0, 0.05) is 6.42 Å². The van der Waals surface area contributed by atoms with Gasteiger partial charge < -0.3 is 5.11 Å². The number of fused-ring (bicyclic) bond motifs is 1. The van der Waals surface area contributed by atoms with E-state index in [-0.39, 0.29) is 11.5 Å². The lowest BCUT2D eigenvalue weighted by Crippen LogP contribution is -2.19. The highest BCUT2D eigenvalue weighted by atomic mass is 16.3. The molecule has 0 spiro atoms. The third-order valence-corrected chi connectivity index (χ3v) is 3.19. The van der Waals surface area contributed by atoms with Crippen LogP contribution in [-0.2, 0) is 6.42 Å². The van der Waals surface area contributed by atoms with Crippen LogP contribution in [-0.4, -0.2) is 10.9 Å². The Labute approximate surface area is 89.9 Å². The van der Waals surface area contributed by atoms with Gasteiger partial charge in [-0.25, -0.2) is 0 Å². The van der Waals surface area contributed by atoms with Crippen LogP contribution in [0, 0.1) is 19.8 Å². The van der Waals surface area contributed by atoms with E-state index in [9.17, 15) is 9.90 Å². The molecule has 2 nitrogen and oxygen atoms in total. The maximum atomic E-state index is 11.9. The summed E-state index contributed by atoms with van der Waals surface area (Å²) in [6, 6.07) is 1.96. The van der Waals surface area contributed by atoms with Gasteiger partial charge in [-0.05, 0) is 42.9 Å².